The molecule has 0 aliphatic carbocycles. The standard InChI is InChI=1S/C17H29FN2O4/c1-16(2,3)24-15(22)20-8-7-19(11-17(4,18)12-20)14(21)13-5-9-23-10-6-13/h13H,5-12H2,1-4H3. The van der Waals surface area contributed by atoms with Gasteiger partial charge in [0.05, 0.1) is 13.1 Å². The second kappa shape index (κ2) is 7.25. The number of alkyl halides is 1. The minimum absolute atomic E-state index is 0.00247. The molecule has 1 unspecified atom stereocenters. The van der Waals surface area contributed by atoms with Crippen molar-refractivity contribution in [2.45, 2.75) is 51.8 Å². The lowest BCUT2D eigenvalue weighted by Crippen LogP contribution is -2.46. The summed E-state index contributed by atoms with van der Waals surface area (Å²) in [4.78, 5) is 27.8. The van der Waals surface area contributed by atoms with Gasteiger partial charge in [-0.3, -0.25) is 4.79 Å². The first kappa shape index (κ1) is 19.0. The Bertz CT molecular complexity index is 470. The lowest BCUT2D eigenvalue weighted by Gasteiger charge is -2.31. The molecule has 2 heterocycles. The van der Waals surface area contributed by atoms with E-state index in [1.165, 1.54) is 11.8 Å². The topological polar surface area (TPSA) is 59.1 Å². The highest BCUT2D eigenvalue weighted by Crippen LogP contribution is 2.24. The van der Waals surface area contributed by atoms with E-state index in [0.717, 1.165) is 0 Å². The molecule has 0 aromatic heterocycles. The third-order valence-electron chi connectivity index (χ3n) is 4.21. The van der Waals surface area contributed by atoms with Crippen LogP contribution in [0.1, 0.15) is 40.5 Å². The van der Waals surface area contributed by atoms with Crippen LogP contribution >= 0.6 is 0 Å². The summed E-state index contributed by atoms with van der Waals surface area (Å²) in [7, 11) is 0. The second-order valence-corrected chi connectivity index (χ2v) is 7.96. The molecule has 0 aromatic carbocycles. The first-order chi connectivity index (χ1) is 11.1. The molecule has 0 spiro atoms. The largest absolute Gasteiger partial charge is 0.444 e. The Morgan fingerprint density at radius 2 is 1.67 bits per heavy atom. The number of amides is 2. The molecule has 2 amide bonds. The summed E-state index contributed by atoms with van der Waals surface area (Å²) >= 11 is 0. The maximum Gasteiger partial charge on any atom is 0.410 e. The van der Waals surface area contributed by atoms with Gasteiger partial charge in [0.1, 0.15) is 11.3 Å². The number of hydrogen-bond donors (Lipinski definition) is 0. The Balaban J connectivity index is 2.03. The van der Waals surface area contributed by atoms with Crippen molar-refractivity contribution in [1.82, 2.24) is 9.80 Å². The highest BCUT2D eigenvalue weighted by molar-refractivity contribution is 5.79. The molecule has 2 aliphatic heterocycles. The third kappa shape index (κ3) is 5.33. The molecule has 2 fully saturated rings. The van der Waals surface area contributed by atoms with Crippen LogP contribution in [0.15, 0.2) is 0 Å². The molecule has 2 rings (SSSR count). The van der Waals surface area contributed by atoms with Gasteiger partial charge in [-0.2, -0.15) is 0 Å². The van der Waals surface area contributed by atoms with Crippen LogP contribution in [0, 0.1) is 5.92 Å². The Morgan fingerprint density at radius 3 is 2.25 bits per heavy atom. The smallest absolute Gasteiger partial charge is 0.410 e. The van der Waals surface area contributed by atoms with Crippen LogP contribution in [0.5, 0.6) is 0 Å². The molecule has 1 atom stereocenters. The number of hydrogen-bond acceptors (Lipinski definition) is 4. The molecular weight excluding hydrogens is 315 g/mol. The van der Waals surface area contributed by atoms with E-state index in [2.05, 4.69) is 0 Å². The van der Waals surface area contributed by atoms with E-state index < -0.39 is 17.4 Å². The summed E-state index contributed by atoms with van der Waals surface area (Å²) in [5, 5.41) is 0. The number of carbonyl (C=O) groups excluding carboxylic acids is 2. The Labute approximate surface area is 143 Å². The molecular formula is C17H29FN2O4. The lowest BCUT2D eigenvalue weighted by molar-refractivity contribution is -0.139. The summed E-state index contributed by atoms with van der Waals surface area (Å²) in [5.74, 6) is -0.143. The lowest BCUT2D eigenvalue weighted by atomic mass is 9.98. The van der Waals surface area contributed by atoms with E-state index in [0.29, 0.717) is 32.6 Å². The predicted octanol–water partition coefficient (Wildman–Crippen LogP) is 2.22. The maximum absolute atomic E-state index is 14.9. The van der Waals surface area contributed by atoms with Crippen molar-refractivity contribution >= 4 is 12.0 Å². The second-order valence-electron chi connectivity index (χ2n) is 7.96. The normalized spacial score (nSPS) is 26.9. The Morgan fingerprint density at radius 1 is 1.12 bits per heavy atom. The van der Waals surface area contributed by atoms with Gasteiger partial charge < -0.3 is 19.3 Å². The molecule has 0 aromatic rings. The van der Waals surface area contributed by atoms with Gasteiger partial charge in [-0.25, -0.2) is 9.18 Å². The number of ether oxygens (including phenoxy) is 2. The van der Waals surface area contributed by atoms with Crippen LogP contribution in [0.2, 0.25) is 0 Å². The molecule has 2 aliphatic rings. The van der Waals surface area contributed by atoms with Gasteiger partial charge in [0, 0.05) is 32.2 Å². The average molecular weight is 344 g/mol. The molecule has 0 bridgehead atoms. The molecule has 138 valence electrons. The fraction of sp³-hybridized carbons (Fsp3) is 0.882. The van der Waals surface area contributed by atoms with E-state index in [-0.39, 0.29) is 31.5 Å². The predicted molar refractivity (Wildman–Crippen MR) is 87.4 cm³/mol. The summed E-state index contributed by atoms with van der Waals surface area (Å²) in [6.45, 7) is 8.44. The first-order valence-corrected chi connectivity index (χ1v) is 8.61. The van der Waals surface area contributed by atoms with Crippen molar-refractivity contribution in [3.05, 3.63) is 0 Å². The van der Waals surface area contributed by atoms with Crippen LogP contribution in [0.3, 0.4) is 0 Å². The number of nitrogens with zero attached hydrogens (tertiary/aromatic N) is 2. The SMILES string of the molecule is CC1(F)CN(C(=O)OC(C)(C)C)CCN(C(=O)C2CCOCC2)C1. The zero-order valence-electron chi connectivity index (χ0n) is 15.1. The fourth-order valence-electron chi connectivity index (χ4n) is 3.12. The van der Waals surface area contributed by atoms with Crippen molar-refractivity contribution in [3.63, 3.8) is 0 Å². The number of halogens is 1. The van der Waals surface area contributed by atoms with Crippen molar-refractivity contribution < 1.29 is 23.5 Å². The van der Waals surface area contributed by atoms with Crippen molar-refractivity contribution in [1.29, 1.82) is 0 Å². The highest BCUT2D eigenvalue weighted by atomic mass is 19.1. The van der Waals surface area contributed by atoms with E-state index in [4.69, 9.17) is 9.47 Å². The molecule has 7 heteroatoms. The number of rotatable bonds is 1. The van der Waals surface area contributed by atoms with Gasteiger partial charge in [0.25, 0.3) is 0 Å². The van der Waals surface area contributed by atoms with Gasteiger partial charge in [0.2, 0.25) is 5.91 Å². The van der Waals surface area contributed by atoms with Gasteiger partial charge in [0.15, 0.2) is 0 Å². The summed E-state index contributed by atoms with van der Waals surface area (Å²) < 4.78 is 25.5. The minimum atomic E-state index is -1.66. The van der Waals surface area contributed by atoms with Crippen molar-refractivity contribution in [2.75, 3.05) is 39.4 Å². The quantitative estimate of drug-likeness (QED) is 0.732. The van der Waals surface area contributed by atoms with Crippen LogP contribution in [0.25, 0.3) is 0 Å². The van der Waals surface area contributed by atoms with Gasteiger partial charge in [-0.15, -0.1) is 0 Å². The van der Waals surface area contributed by atoms with Gasteiger partial charge in [-0.05, 0) is 40.5 Å². The molecule has 0 N–H and O–H groups in total. The molecule has 0 radical (unpaired) electrons. The highest BCUT2D eigenvalue weighted by Gasteiger charge is 2.39. The van der Waals surface area contributed by atoms with Crippen LogP contribution in [-0.2, 0) is 14.3 Å². The van der Waals surface area contributed by atoms with E-state index >= 15 is 0 Å². The molecule has 2 saturated heterocycles. The number of carbonyl (C=O) groups is 2. The summed E-state index contributed by atoms with van der Waals surface area (Å²) in [6, 6.07) is 0. The van der Waals surface area contributed by atoms with Gasteiger partial charge in [-0.1, -0.05) is 0 Å². The summed E-state index contributed by atoms with van der Waals surface area (Å²) in [5.41, 5.74) is -2.29. The third-order valence-corrected chi connectivity index (χ3v) is 4.21. The molecule has 6 nitrogen and oxygen atoms in total. The first-order valence-electron chi connectivity index (χ1n) is 8.61. The van der Waals surface area contributed by atoms with Crippen molar-refractivity contribution in [3.8, 4) is 0 Å². The van der Waals surface area contributed by atoms with Crippen molar-refractivity contribution in [2.24, 2.45) is 5.92 Å². The average Bonchev–Trinajstić information content (AvgIpc) is 2.64. The van der Waals surface area contributed by atoms with Crippen LogP contribution in [-0.4, -0.2) is 72.5 Å². The zero-order valence-corrected chi connectivity index (χ0v) is 15.1. The monoisotopic (exact) mass is 344 g/mol. The molecule has 0 saturated carbocycles. The Hall–Kier alpha value is -1.37. The van der Waals surface area contributed by atoms with E-state index in [9.17, 15) is 14.0 Å². The van der Waals surface area contributed by atoms with Gasteiger partial charge >= 0.3 is 6.09 Å². The summed E-state index contributed by atoms with van der Waals surface area (Å²) in [6.07, 6.45) is 0.814. The molecule has 24 heavy (non-hydrogen) atoms. The zero-order chi connectivity index (χ0) is 18.0. The van der Waals surface area contributed by atoms with Crippen LogP contribution in [0.4, 0.5) is 9.18 Å². The van der Waals surface area contributed by atoms with E-state index in [1.54, 1.807) is 25.7 Å². The Kier molecular flexibility index (Phi) is 5.73. The van der Waals surface area contributed by atoms with E-state index in [1.807, 2.05) is 0 Å². The van der Waals surface area contributed by atoms with Crippen LogP contribution < -0.4 is 0 Å². The maximum atomic E-state index is 14.9. The minimum Gasteiger partial charge on any atom is -0.444 e. The fourth-order valence-corrected chi connectivity index (χ4v) is 3.12.